The molecule has 0 bridgehead atoms. The van der Waals surface area contributed by atoms with Crippen LogP contribution in [0.25, 0.3) is 5.57 Å². The molecule has 1 aromatic rings. The summed E-state index contributed by atoms with van der Waals surface area (Å²) in [6.07, 6.45) is 9.99. The summed E-state index contributed by atoms with van der Waals surface area (Å²) in [5, 5.41) is 0. The van der Waals surface area contributed by atoms with Gasteiger partial charge in [-0.3, -0.25) is 4.98 Å². The molecular weight excluding hydrogens is 158 g/mol. The van der Waals surface area contributed by atoms with Gasteiger partial charge in [0.05, 0.1) is 0 Å². The van der Waals surface area contributed by atoms with E-state index in [1.807, 2.05) is 32.3 Å². The molecule has 0 radical (unpaired) electrons. The average Bonchev–Trinajstić information content (AvgIpc) is 2.14. The lowest BCUT2D eigenvalue weighted by Gasteiger charge is -2.01. The molecule has 0 spiro atoms. The molecule has 0 unspecified atom stereocenters. The number of aryl methyl sites for hydroxylation is 1. The molecule has 0 aliphatic rings. The van der Waals surface area contributed by atoms with Gasteiger partial charge in [0.25, 0.3) is 0 Å². The minimum absolute atomic E-state index is 1.18. The molecule has 0 atom stereocenters. The van der Waals surface area contributed by atoms with Gasteiger partial charge in [-0.05, 0) is 43.5 Å². The van der Waals surface area contributed by atoms with Gasteiger partial charge in [-0.25, -0.2) is 0 Å². The lowest BCUT2D eigenvalue weighted by atomic mass is 10.1. The maximum Gasteiger partial charge on any atom is 0.0346 e. The lowest BCUT2D eigenvalue weighted by Crippen LogP contribution is -1.84. The highest BCUT2D eigenvalue weighted by atomic mass is 14.6. The van der Waals surface area contributed by atoms with E-state index in [9.17, 15) is 0 Å². The van der Waals surface area contributed by atoms with Crippen LogP contribution in [0.1, 0.15) is 25.0 Å². The number of pyridine rings is 1. The van der Waals surface area contributed by atoms with Crippen molar-refractivity contribution in [2.24, 2.45) is 0 Å². The monoisotopic (exact) mass is 173 g/mol. The van der Waals surface area contributed by atoms with E-state index in [-0.39, 0.29) is 0 Å². The SMILES string of the molecule is C/C=C\C(=C/C)c1cncc(C)c1. The minimum atomic E-state index is 1.18. The highest BCUT2D eigenvalue weighted by Gasteiger charge is 1.96. The normalized spacial score (nSPS) is 12.4. The second-order valence-corrected chi connectivity index (χ2v) is 2.99. The van der Waals surface area contributed by atoms with Gasteiger partial charge < -0.3 is 0 Å². The van der Waals surface area contributed by atoms with Gasteiger partial charge in [0, 0.05) is 12.4 Å². The Morgan fingerprint density at radius 1 is 1.31 bits per heavy atom. The predicted octanol–water partition coefficient (Wildman–Crippen LogP) is 3.37. The molecule has 1 rings (SSSR count). The molecule has 0 N–H and O–H groups in total. The molecule has 0 saturated carbocycles. The first-order chi connectivity index (χ1) is 6.27. The number of hydrogen-bond acceptors (Lipinski definition) is 1. The topological polar surface area (TPSA) is 12.9 Å². The van der Waals surface area contributed by atoms with Crippen LogP contribution < -0.4 is 0 Å². The molecule has 1 nitrogen and oxygen atoms in total. The average molecular weight is 173 g/mol. The summed E-state index contributed by atoms with van der Waals surface area (Å²) in [4.78, 5) is 4.16. The molecule has 0 amide bonds. The van der Waals surface area contributed by atoms with Crippen molar-refractivity contribution in [2.45, 2.75) is 20.8 Å². The summed E-state index contributed by atoms with van der Waals surface area (Å²) in [5.41, 5.74) is 3.60. The molecule has 0 aromatic carbocycles. The van der Waals surface area contributed by atoms with Gasteiger partial charge in [0.15, 0.2) is 0 Å². The van der Waals surface area contributed by atoms with E-state index in [1.165, 1.54) is 16.7 Å². The first kappa shape index (κ1) is 9.72. The standard InChI is InChI=1S/C12H15N/c1-4-6-11(5-2)12-7-10(3)8-13-9-12/h4-9H,1-3H3/b6-4-,11-5+. The van der Waals surface area contributed by atoms with Crippen LogP contribution in [0.15, 0.2) is 36.7 Å². The largest absolute Gasteiger partial charge is 0.264 e. The minimum Gasteiger partial charge on any atom is -0.264 e. The molecule has 1 heterocycles. The Bertz CT molecular complexity index is 335. The fourth-order valence-electron chi connectivity index (χ4n) is 1.25. The lowest BCUT2D eigenvalue weighted by molar-refractivity contribution is 1.25. The van der Waals surface area contributed by atoms with Crippen LogP contribution in [-0.4, -0.2) is 4.98 Å². The number of nitrogens with zero attached hydrogens (tertiary/aromatic N) is 1. The maximum atomic E-state index is 4.16. The predicted molar refractivity (Wildman–Crippen MR) is 57.4 cm³/mol. The third-order valence-electron chi connectivity index (χ3n) is 1.87. The number of hydrogen-bond donors (Lipinski definition) is 0. The zero-order valence-electron chi connectivity index (χ0n) is 8.41. The van der Waals surface area contributed by atoms with Crippen LogP contribution in [0, 0.1) is 6.92 Å². The van der Waals surface area contributed by atoms with E-state index in [4.69, 9.17) is 0 Å². The van der Waals surface area contributed by atoms with Crippen molar-refractivity contribution in [2.75, 3.05) is 0 Å². The molecule has 13 heavy (non-hydrogen) atoms. The summed E-state index contributed by atoms with van der Waals surface area (Å²) < 4.78 is 0. The van der Waals surface area contributed by atoms with Crippen LogP contribution in [0.4, 0.5) is 0 Å². The second-order valence-electron chi connectivity index (χ2n) is 2.99. The van der Waals surface area contributed by atoms with E-state index in [2.05, 4.69) is 30.1 Å². The Labute approximate surface area is 79.8 Å². The summed E-state index contributed by atoms with van der Waals surface area (Å²) in [7, 11) is 0. The Morgan fingerprint density at radius 3 is 2.62 bits per heavy atom. The second kappa shape index (κ2) is 4.61. The Kier molecular flexibility index (Phi) is 3.44. The Balaban J connectivity index is 3.06. The van der Waals surface area contributed by atoms with Gasteiger partial charge in [-0.15, -0.1) is 0 Å². The molecule has 1 aromatic heterocycles. The van der Waals surface area contributed by atoms with E-state index in [0.29, 0.717) is 0 Å². The molecule has 1 heteroatoms. The number of allylic oxidation sites excluding steroid dienone is 4. The molecule has 68 valence electrons. The fourth-order valence-corrected chi connectivity index (χ4v) is 1.25. The number of rotatable bonds is 2. The zero-order chi connectivity index (χ0) is 9.68. The van der Waals surface area contributed by atoms with Gasteiger partial charge in [0.1, 0.15) is 0 Å². The van der Waals surface area contributed by atoms with E-state index < -0.39 is 0 Å². The first-order valence-electron chi connectivity index (χ1n) is 4.49. The third kappa shape index (κ3) is 2.55. The van der Waals surface area contributed by atoms with Gasteiger partial charge in [-0.1, -0.05) is 18.2 Å². The van der Waals surface area contributed by atoms with Crippen LogP contribution in [0.5, 0.6) is 0 Å². The zero-order valence-corrected chi connectivity index (χ0v) is 8.41. The maximum absolute atomic E-state index is 4.16. The molecule has 0 saturated heterocycles. The molecule has 0 aliphatic heterocycles. The summed E-state index contributed by atoms with van der Waals surface area (Å²) >= 11 is 0. The number of aromatic nitrogens is 1. The van der Waals surface area contributed by atoms with Crippen molar-refractivity contribution in [3.63, 3.8) is 0 Å². The molecule has 0 aliphatic carbocycles. The van der Waals surface area contributed by atoms with Gasteiger partial charge in [0.2, 0.25) is 0 Å². The molecular formula is C12H15N. The van der Waals surface area contributed by atoms with Gasteiger partial charge >= 0.3 is 0 Å². The molecule has 0 fully saturated rings. The van der Waals surface area contributed by atoms with Crippen LogP contribution in [0.3, 0.4) is 0 Å². The highest BCUT2D eigenvalue weighted by Crippen LogP contribution is 2.15. The van der Waals surface area contributed by atoms with Crippen molar-refractivity contribution in [3.05, 3.63) is 47.8 Å². The smallest absolute Gasteiger partial charge is 0.0346 e. The van der Waals surface area contributed by atoms with E-state index in [1.54, 1.807) is 0 Å². The Morgan fingerprint density at radius 2 is 2.08 bits per heavy atom. The fraction of sp³-hybridized carbons (Fsp3) is 0.250. The van der Waals surface area contributed by atoms with Crippen LogP contribution in [-0.2, 0) is 0 Å². The quantitative estimate of drug-likeness (QED) is 0.625. The van der Waals surface area contributed by atoms with Crippen molar-refractivity contribution in [1.82, 2.24) is 4.98 Å². The summed E-state index contributed by atoms with van der Waals surface area (Å²) in [6.45, 7) is 6.11. The highest BCUT2D eigenvalue weighted by molar-refractivity contribution is 5.73. The van der Waals surface area contributed by atoms with E-state index >= 15 is 0 Å². The van der Waals surface area contributed by atoms with Crippen LogP contribution in [0.2, 0.25) is 0 Å². The van der Waals surface area contributed by atoms with Crippen LogP contribution >= 0.6 is 0 Å². The Hall–Kier alpha value is -1.37. The third-order valence-corrected chi connectivity index (χ3v) is 1.87. The van der Waals surface area contributed by atoms with Crippen molar-refractivity contribution in [3.8, 4) is 0 Å². The summed E-state index contributed by atoms with van der Waals surface area (Å²) in [5.74, 6) is 0. The van der Waals surface area contributed by atoms with Gasteiger partial charge in [-0.2, -0.15) is 0 Å². The summed E-state index contributed by atoms with van der Waals surface area (Å²) in [6, 6.07) is 2.14. The first-order valence-corrected chi connectivity index (χ1v) is 4.49. The van der Waals surface area contributed by atoms with E-state index in [0.717, 1.165) is 0 Å². The van der Waals surface area contributed by atoms with Crippen molar-refractivity contribution in [1.29, 1.82) is 0 Å². The van der Waals surface area contributed by atoms with Crippen molar-refractivity contribution >= 4 is 5.57 Å². The van der Waals surface area contributed by atoms with Crippen molar-refractivity contribution < 1.29 is 0 Å².